The van der Waals surface area contributed by atoms with Crippen LogP contribution in [0.3, 0.4) is 0 Å². The molecule has 0 saturated heterocycles. The number of Topliss-reactive ketones (excluding diaryl/α,β-unsaturated/α-hetero) is 1. The molecule has 4 unspecified atom stereocenters. The van der Waals surface area contributed by atoms with Crippen LogP contribution < -0.4 is 0 Å². The van der Waals surface area contributed by atoms with Gasteiger partial charge in [0.05, 0.1) is 49.1 Å². The SMILES string of the molecule is C/C(=C\c1csc(CO)n1)[C@H]1OC(=O)C[C@H](O)C(C)(C)C(=O)[C@H](C)[C@@H](O)[C@@H](C)C(O)C(O)C(O)/C(CO)=C\C1O. The summed E-state index contributed by atoms with van der Waals surface area (Å²) in [6.07, 6.45) is -9.90. The highest BCUT2D eigenvalue weighted by Crippen LogP contribution is 2.33. The quantitative estimate of drug-likeness (QED) is 0.162. The fourth-order valence-corrected chi connectivity index (χ4v) is 5.26. The van der Waals surface area contributed by atoms with Crippen molar-refractivity contribution < 1.29 is 55.2 Å². The molecular weight excluding hydrogens is 546 g/mol. The topological polar surface area (TPSA) is 218 Å². The number of hydrogen-bond donors (Lipinski definition) is 8. The Morgan fingerprint density at radius 3 is 2.23 bits per heavy atom. The number of aromatic nitrogens is 1. The maximum atomic E-state index is 13.3. The van der Waals surface area contributed by atoms with Crippen LogP contribution in [0.2, 0.25) is 0 Å². The number of aliphatic hydroxyl groups excluding tert-OH is 8. The lowest BCUT2D eigenvalue weighted by atomic mass is 9.72. The van der Waals surface area contributed by atoms with Crippen molar-refractivity contribution in [2.24, 2.45) is 17.3 Å². The Labute approximate surface area is 236 Å². The van der Waals surface area contributed by atoms with Crippen LogP contribution in [0.1, 0.15) is 51.7 Å². The normalized spacial score (nSPS) is 36.6. The number of carbonyl (C=O) groups is 2. The second kappa shape index (κ2) is 14.2. The second-order valence-electron chi connectivity index (χ2n) is 10.9. The maximum Gasteiger partial charge on any atom is 0.309 e. The van der Waals surface area contributed by atoms with Gasteiger partial charge < -0.3 is 45.6 Å². The van der Waals surface area contributed by atoms with Gasteiger partial charge in [-0.05, 0) is 30.2 Å². The van der Waals surface area contributed by atoms with Crippen LogP contribution in [0.5, 0.6) is 0 Å². The van der Waals surface area contributed by atoms with Gasteiger partial charge in [0.2, 0.25) is 0 Å². The van der Waals surface area contributed by atoms with E-state index in [1.54, 1.807) is 5.38 Å². The van der Waals surface area contributed by atoms with E-state index in [0.717, 1.165) is 6.08 Å². The van der Waals surface area contributed by atoms with E-state index in [4.69, 9.17) is 4.74 Å². The molecule has 0 radical (unpaired) electrons. The highest BCUT2D eigenvalue weighted by Gasteiger charge is 2.45. The van der Waals surface area contributed by atoms with Gasteiger partial charge in [-0.25, -0.2) is 4.98 Å². The predicted molar refractivity (Wildman–Crippen MR) is 145 cm³/mol. The number of hydrogen-bond acceptors (Lipinski definition) is 13. The molecule has 40 heavy (non-hydrogen) atoms. The van der Waals surface area contributed by atoms with Crippen molar-refractivity contribution in [3.63, 3.8) is 0 Å². The first-order chi connectivity index (χ1) is 18.6. The number of ketones is 1. The van der Waals surface area contributed by atoms with Crippen LogP contribution in [0, 0.1) is 17.3 Å². The van der Waals surface area contributed by atoms with Crippen molar-refractivity contribution >= 4 is 29.2 Å². The molecular formula is C27H41NO11S. The average Bonchev–Trinajstić information content (AvgIpc) is 3.38. The molecule has 0 amide bonds. The number of carbonyl (C=O) groups excluding carboxylic acids is 2. The first-order valence-corrected chi connectivity index (χ1v) is 13.8. The average molecular weight is 588 g/mol. The van der Waals surface area contributed by atoms with Gasteiger partial charge in [-0.1, -0.05) is 27.7 Å². The molecule has 0 aliphatic carbocycles. The summed E-state index contributed by atoms with van der Waals surface area (Å²) in [6.45, 7) is 5.93. The Morgan fingerprint density at radius 2 is 1.68 bits per heavy atom. The zero-order valence-electron chi connectivity index (χ0n) is 23.2. The molecule has 1 aromatic rings. The van der Waals surface area contributed by atoms with Crippen molar-refractivity contribution in [1.29, 1.82) is 0 Å². The van der Waals surface area contributed by atoms with E-state index in [2.05, 4.69) is 4.98 Å². The molecule has 1 aromatic heterocycles. The standard InChI is InChI=1S/C27H41NO11S/c1-12(6-16-11-40-19(10-30)28-16)25-17(31)7-15(9-29)23(36)24(37)22(35)13(2)21(34)14(3)26(38)27(4,5)18(32)8-20(33)39-25/h6-7,11,13-14,17-18,21-25,29-32,34-37H,8-10H2,1-5H3/b12-6+,15-7-/t13-,14-,17?,18+,21+,22?,23?,24?,25-/m1/s1. The zero-order chi connectivity index (χ0) is 30.5. The van der Waals surface area contributed by atoms with Gasteiger partial charge in [-0.3, -0.25) is 9.59 Å². The fourth-order valence-electron chi connectivity index (χ4n) is 4.65. The molecule has 9 atom stereocenters. The number of esters is 1. The van der Waals surface area contributed by atoms with Gasteiger partial charge in [0.15, 0.2) is 6.10 Å². The third-order valence-corrected chi connectivity index (χ3v) is 8.40. The first-order valence-electron chi connectivity index (χ1n) is 12.9. The largest absolute Gasteiger partial charge is 0.455 e. The molecule has 0 spiro atoms. The zero-order valence-corrected chi connectivity index (χ0v) is 24.0. The molecule has 0 saturated carbocycles. The van der Waals surface area contributed by atoms with E-state index < -0.39 is 84.8 Å². The lowest BCUT2D eigenvalue weighted by molar-refractivity contribution is -0.158. The molecule has 0 aromatic carbocycles. The third-order valence-electron chi connectivity index (χ3n) is 7.55. The summed E-state index contributed by atoms with van der Waals surface area (Å²) in [5.74, 6) is -3.87. The van der Waals surface area contributed by atoms with E-state index in [-0.39, 0.29) is 17.8 Å². The van der Waals surface area contributed by atoms with Gasteiger partial charge in [0, 0.05) is 17.2 Å². The molecule has 1 aliphatic heterocycles. The highest BCUT2D eigenvalue weighted by atomic mass is 32.1. The van der Waals surface area contributed by atoms with E-state index in [9.17, 15) is 50.4 Å². The maximum absolute atomic E-state index is 13.3. The lowest BCUT2D eigenvalue weighted by Crippen LogP contribution is -2.50. The molecule has 13 heteroatoms. The van der Waals surface area contributed by atoms with Gasteiger partial charge >= 0.3 is 5.97 Å². The minimum atomic E-state index is -1.94. The summed E-state index contributed by atoms with van der Waals surface area (Å²) >= 11 is 1.18. The van der Waals surface area contributed by atoms with Crippen molar-refractivity contribution in [2.75, 3.05) is 6.61 Å². The summed E-state index contributed by atoms with van der Waals surface area (Å²) in [6, 6.07) is 0. The Balaban J connectivity index is 2.60. The van der Waals surface area contributed by atoms with Gasteiger partial charge in [-0.2, -0.15) is 0 Å². The number of rotatable bonds is 4. The second-order valence-corrected chi connectivity index (χ2v) is 11.8. The molecule has 2 rings (SSSR count). The molecule has 8 N–H and O–H groups in total. The summed E-state index contributed by atoms with van der Waals surface area (Å²) in [5.41, 5.74) is -1.16. The minimum Gasteiger partial charge on any atom is -0.455 e. The molecule has 226 valence electrons. The number of aliphatic hydroxyl groups is 8. The first kappa shape index (κ1) is 34.1. The number of ether oxygens (including phenoxy) is 1. The van der Waals surface area contributed by atoms with E-state index >= 15 is 0 Å². The molecule has 0 bridgehead atoms. The minimum absolute atomic E-state index is 0.274. The Morgan fingerprint density at radius 1 is 1.05 bits per heavy atom. The number of nitrogens with zero attached hydrogens (tertiary/aromatic N) is 1. The van der Waals surface area contributed by atoms with Crippen molar-refractivity contribution in [1.82, 2.24) is 4.98 Å². The molecule has 1 aliphatic rings. The van der Waals surface area contributed by atoms with Crippen LogP contribution in [-0.2, 0) is 20.9 Å². The molecule has 0 fully saturated rings. The number of cyclic esters (lactones) is 1. The molecule has 2 heterocycles. The monoisotopic (exact) mass is 587 g/mol. The lowest BCUT2D eigenvalue weighted by Gasteiger charge is -2.37. The van der Waals surface area contributed by atoms with Gasteiger partial charge in [0.25, 0.3) is 0 Å². The van der Waals surface area contributed by atoms with Crippen molar-refractivity contribution in [2.45, 2.75) is 90.4 Å². The third kappa shape index (κ3) is 7.81. The van der Waals surface area contributed by atoms with Crippen LogP contribution >= 0.6 is 11.3 Å². The van der Waals surface area contributed by atoms with E-state index in [0.29, 0.717) is 10.7 Å². The van der Waals surface area contributed by atoms with Gasteiger partial charge in [-0.15, -0.1) is 11.3 Å². The highest BCUT2D eigenvalue weighted by molar-refractivity contribution is 7.09. The predicted octanol–water partition coefficient (Wildman–Crippen LogP) is -0.694. The van der Waals surface area contributed by atoms with Crippen molar-refractivity contribution in [3.05, 3.63) is 33.3 Å². The summed E-state index contributed by atoms with van der Waals surface area (Å²) in [7, 11) is 0. The Kier molecular flexibility index (Phi) is 12.1. The molecule has 12 nitrogen and oxygen atoms in total. The summed E-state index contributed by atoms with van der Waals surface area (Å²) < 4.78 is 5.50. The van der Waals surface area contributed by atoms with E-state index in [1.165, 1.54) is 52.0 Å². The van der Waals surface area contributed by atoms with Crippen molar-refractivity contribution in [3.8, 4) is 0 Å². The van der Waals surface area contributed by atoms with Crippen LogP contribution in [0.25, 0.3) is 6.08 Å². The number of thiazole rings is 1. The van der Waals surface area contributed by atoms with Crippen LogP contribution in [-0.4, -0.2) is 107 Å². The van der Waals surface area contributed by atoms with E-state index in [1.807, 2.05) is 0 Å². The smallest absolute Gasteiger partial charge is 0.309 e. The summed E-state index contributed by atoms with van der Waals surface area (Å²) in [4.78, 5) is 30.4. The van der Waals surface area contributed by atoms with Gasteiger partial charge in [0.1, 0.15) is 29.1 Å². The van der Waals surface area contributed by atoms with Crippen LogP contribution in [0.15, 0.2) is 22.6 Å². The van der Waals surface area contributed by atoms with Crippen LogP contribution in [0.4, 0.5) is 0 Å². The fraction of sp³-hybridized carbons (Fsp3) is 0.667. The summed E-state index contributed by atoms with van der Waals surface area (Å²) in [5, 5.41) is 86.0. The Hall–Kier alpha value is -2.07. The Bertz CT molecular complexity index is 1080.